The molecule has 0 saturated heterocycles. The molecule has 8 heavy (non-hydrogen) atoms. The Morgan fingerprint density at radius 2 is 0.375 bits per heavy atom. The average molecular weight is 378 g/mol. The van der Waals surface area contributed by atoms with E-state index in [9.17, 15) is 0 Å². The molecule has 0 N–H and O–H groups in total. The molecule has 0 saturated carbocycles. The molecule has 60 valence electrons. The van der Waals surface area contributed by atoms with Crippen molar-refractivity contribution < 1.29 is 97.8 Å². The van der Waals surface area contributed by atoms with Gasteiger partial charge in [-0.25, -0.2) is 0 Å². The SMILES string of the molecule is [F-].[F-].[F-].[F-].[F-].[F-].[Lu+3].[Y+3]. The summed E-state index contributed by atoms with van der Waals surface area (Å²) in [7, 11) is 0. The van der Waals surface area contributed by atoms with Crippen LogP contribution in [0.5, 0.6) is 0 Å². The van der Waals surface area contributed by atoms with Crippen molar-refractivity contribution in [3.8, 4) is 0 Å². The van der Waals surface area contributed by atoms with Crippen LogP contribution in [0.1, 0.15) is 0 Å². The maximum Gasteiger partial charge on any atom is 3.00 e. The molecule has 0 fully saturated rings. The number of hydrogen-bond donors (Lipinski definition) is 0. The molecule has 0 aromatic heterocycles. The van der Waals surface area contributed by atoms with Crippen molar-refractivity contribution in [2.24, 2.45) is 0 Å². The van der Waals surface area contributed by atoms with Crippen LogP contribution in [0.25, 0.3) is 0 Å². The smallest absolute Gasteiger partial charge is 1.00 e. The minimum absolute atomic E-state index is 0. The molecule has 0 aliphatic rings. The van der Waals surface area contributed by atoms with E-state index in [4.69, 9.17) is 0 Å². The molecule has 0 amide bonds. The predicted molar refractivity (Wildman–Crippen MR) is 0 cm³/mol. The second kappa shape index (κ2) is 152. The maximum absolute atomic E-state index is 0. The molecule has 0 atom stereocenters. The Morgan fingerprint density at radius 1 is 0.375 bits per heavy atom. The molecule has 0 rings (SSSR count). The summed E-state index contributed by atoms with van der Waals surface area (Å²) in [6, 6.07) is 0. The van der Waals surface area contributed by atoms with Crippen LogP contribution >= 0.6 is 0 Å². The van der Waals surface area contributed by atoms with Crippen molar-refractivity contribution in [3.63, 3.8) is 0 Å². The third-order valence-electron chi connectivity index (χ3n) is 0. The monoisotopic (exact) mass is 378 g/mol. The van der Waals surface area contributed by atoms with Gasteiger partial charge in [-0.1, -0.05) is 0 Å². The summed E-state index contributed by atoms with van der Waals surface area (Å²) in [5, 5.41) is 0. The van der Waals surface area contributed by atoms with E-state index in [0.717, 1.165) is 0 Å². The third-order valence-corrected chi connectivity index (χ3v) is 0. The van der Waals surface area contributed by atoms with Gasteiger partial charge in [0.2, 0.25) is 0 Å². The molecular weight excluding hydrogens is 378 g/mol. The van der Waals surface area contributed by atoms with Crippen molar-refractivity contribution in [1.29, 1.82) is 0 Å². The van der Waals surface area contributed by atoms with Gasteiger partial charge in [0, 0.05) is 0 Å². The Labute approximate surface area is 96.4 Å². The van der Waals surface area contributed by atoms with Crippen LogP contribution in [0.3, 0.4) is 0 Å². The van der Waals surface area contributed by atoms with Gasteiger partial charge in [-0.3, -0.25) is 0 Å². The molecule has 0 heterocycles. The molecule has 0 aliphatic carbocycles. The van der Waals surface area contributed by atoms with E-state index in [2.05, 4.69) is 0 Å². The molecule has 0 aliphatic heterocycles. The molecule has 0 aromatic carbocycles. The summed E-state index contributed by atoms with van der Waals surface area (Å²) in [5.41, 5.74) is 0. The van der Waals surface area contributed by atoms with Gasteiger partial charge in [-0.05, 0) is 0 Å². The summed E-state index contributed by atoms with van der Waals surface area (Å²) in [5.74, 6) is 0. The van der Waals surface area contributed by atoms with Crippen molar-refractivity contribution >= 4 is 0 Å². The predicted octanol–water partition coefficient (Wildman–Crippen LogP) is -18.0. The molecule has 0 spiro atoms. The zero-order chi connectivity index (χ0) is 0. The standard InChI is InChI=1S/6FH.Lu.Y/h6*1H;;/q;;;;;;2*+3/p-6. The topological polar surface area (TPSA) is 0 Å². The van der Waals surface area contributed by atoms with E-state index in [0.29, 0.717) is 0 Å². The van der Waals surface area contributed by atoms with Crippen molar-refractivity contribution in [1.82, 2.24) is 0 Å². The van der Waals surface area contributed by atoms with Crippen molar-refractivity contribution in [3.05, 3.63) is 0 Å². The van der Waals surface area contributed by atoms with E-state index in [1.165, 1.54) is 0 Å². The van der Waals surface area contributed by atoms with Gasteiger partial charge >= 0.3 is 69.6 Å². The Kier molecular flexibility index (Phi) is 4080. The van der Waals surface area contributed by atoms with Crippen LogP contribution in [0.15, 0.2) is 0 Å². The number of hydrogen-bond acceptors (Lipinski definition) is 0. The van der Waals surface area contributed by atoms with Gasteiger partial charge in [-0.15, -0.1) is 0 Å². The van der Waals surface area contributed by atoms with Crippen molar-refractivity contribution in [2.75, 3.05) is 0 Å². The van der Waals surface area contributed by atoms with Gasteiger partial charge in [-0.2, -0.15) is 0 Å². The summed E-state index contributed by atoms with van der Waals surface area (Å²) in [4.78, 5) is 0. The first-order valence-electron chi connectivity index (χ1n) is 0. The van der Waals surface area contributed by atoms with Crippen LogP contribution in [0.4, 0.5) is 0 Å². The van der Waals surface area contributed by atoms with Crippen LogP contribution in [-0.4, -0.2) is 0 Å². The Hall–Kier alpha value is 1.92. The summed E-state index contributed by atoms with van der Waals surface area (Å²) in [6.45, 7) is 0. The molecule has 0 unspecified atom stereocenters. The van der Waals surface area contributed by atoms with E-state index < -0.39 is 0 Å². The van der Waals surface area contributed by atoms with E-state index in [-0.39, 0.29) is 97.8 Å². The first kappa shape index (κ1) is 214. The fourth-order valence-corrected chi connectivity index (χ4v) is 0. The van der Waals surface area contributed by atoms with Crippen LogP contribution in [-0.2, 0) is 32.7 Å². The van der Waals surface area contributed by atoms with Gasteiger partial charge in [0.05, 0.1) is 0 Å². The fourth-order valence-electron chi connectivity index (χ4n) is 0. The largest absolute Gasteiger partial charge is 3.00 e. The van der Waals surface area contributed by atoms with Crippen LogP contribution in [0, 0.1) is 36.9 Å². The van der Waals surface area contributed by atoms with Crippen LogP contribution < -0.4 is 28.2 Å². The minimum Gasteiger partial charge on any atom is -1.00 e. The molecule has 8 heteroatoms. The Bertz CT molecular complexity index is 8.49. The first-order chi connectivity index (χ1) is 0. The normalized spacial score (nSPS) is 0. The average Bonchev–Trinajstić information content (AvgIpc) is 0. The van der Waals surface area contributed by atoms with Gasteiger partial charge in [0.25, 0.3) is 0 Å². The van der Waals surface area contributed by atoms with Crippen LogP contribution in [0.2, 0.25) is 0 Å². The fraction of sp³-hybridized carbons (Fsp3) is 0. The van der Waals surface area contributed by atoms with E-state index in [1.54, 1.807) is 0 Å². The van der Waals surface area contributed by atoms with E-state index in [1.807, 2.05) is 0 Å². The zero-order valence-corrected chi connectivity index (χ0v) is 7.60. The summed E-state index contributed by atoms with van der Waals surface area (Å²) in [6.07, 6.45) is 0. The maximum atomic E-state index is 0. The quantitative estimate of drug-likeness (QED) is 0.368. The number of rotatable bonds is 0. The Balaban J connectivity index is 0. The molecule has 0 radical (unpaired) electrons. The molecule has 0 nitrogen and oxygen atoms in total. The number of halogens is 6. The third kappa shape index (κ3) is 103. The van der Waals surface area contributed by atoms with E-state index >= 15 is 0 Å². The van der Waals surface area contributed by atoms with Gasteiger partial charge < -0.3 is 28.2 Å². The van der Waals surface area contributed by atoms with Crippen molar-refractivity contribution in [2.45, 2.75) is 0 Å². The molecule has 0 bridgehead atoms. The molecular formula is F6LuY. The summed E-state index contributed by atoms with van der Waals surface area (Å²) >= 11 is 0. The molecule has 0 aromatic rings. The summed E-state index contributed by atoms with van der Waals surface area (Å²) < 4.78 is 0. The second-order valence-corrected chi connectivity index (χ2v) is 0. The van der Waals surface area contributed by atoms with Gasteiger partial charge in [0.1, 0.15) is 0 Å². The first-order valence-corrected chi connectivity index (χ1v) is 0. The minimum atomic E-state index is 0. The zero-order valence-electron chi connectivity index (χ0n) is 3.10. The Morgan fingerprint density at radius 3 is 0.375 bits per heavy atom. The second-order valence-electron chi connectivity index (χ2n) is 0. The van der Waals surface area contributed by atoms with Gasteiger partial charge in [0.15, 0.2) is 0 Å².